The zero-order valence-electron chi connectivity index (χ0n) is 26.6. The summed E-state index contributed by atoms with van der Waals surface area (Å²) in [5.41, 5.74) is 2.42. The predicted molar refractivity (Wildman–Crippen MR) is 171 cm³/mol. The molecule has 0 radical (unpaired) electrons. The number of carbonyl (C=O) groups excluding carboxylic acids is 4. The lowest BCUT2D eigenvalue weighted by Crippen LogP contribution is -2.53. The van der Waals surface area contributed by atoms with Crippen molar-refractivity contribution in [3.05, 3.63) is 65.2 Å². The van der Waals surface area contributed by atoms with Crippen LogP contribution in [0.15, 0.2) is 48.5 Å². The van der Waals surface area contributed by atoms with Gasteiger partial charge in [0.15, 0.2) is 0 Å². The van der Waals surface area contributed by atoms with Gasteiger partial charge < -0.3 is 25.6 Å². The van der Waals surface area contributed by atoms with E-state index in [-0.39, 0.29) is 43.0 Å². The van der Waals surface area contributed by atoms with E-state index < -0.39 is 23.9 Å². The zero-order valence-corrected chi connectivity index (χ0v) is 26.6. The topological polar surface area (TPSA) is 120 Å². The number of carbonyl (C=O) groups is 4. The summed E-state index contributed by atoms with van der Waals surface area (Å²) in [5, 5.41) is 8.81. The Kier molecular flexibility index (Phi) is 11.1. The second-order valence-electron chi connectivity index (χ2n) is 13.0. The van der Waals surface area contributed by atoms with Crippen LogP contribution in [0.4, 0.5) is 0 Å². The maximum Gasteiger partial charge on any atom is 0.255 e. The monoisotopic (exact) mass is 617 g/mol. The van der Waals surface area contributed by atoms with E-state index in [1.54, 1.807) is 29.2 Å². The number of para-hydroxylation sites is 1. The normalized spacial score (nSPS) is 23.3. The molecule has 0 spiro atoms. The number of fused-ring (bicyclic) bond motifs is 2. The van der Waals surface area contributed by atoms with E-state index in [0.717, 1.165) is 25.2 Å². The molecule has 0 unspecified atom stereocenters. The second-order valence-corrected chi connectivity index (χ2v) is 13.0. The Morgan fingerprint density at radius 3 is 2.42 bits per heavy atom. The van der Waals surface area contributed by atoms with Crippen LogP contribution in [0.1, 0.15) is 80.3 Å². The van der Waals surface area contributed by atoms with Crippen molar-refractivity contribution in [3.63, 3.8) is 0 Å². The van der Waals surface area contributed by atoms with Gasteiger partial charge in [0.25, 0.3) is 5.91 Å². The van der Waals surface area contributed by atoms with Gasteiger partial charge in [-0.25, -0.2) is 0 Å². The van der Waals surface area contributed by atoms with E-state index in [4.69, 9.17) is 4.74 Å². The first-order valence-corrected chi connectivity index (χ1v) is 16.5. The minimum absolute atomic E-state index is 0.176. The third-order valence-corrected chi connectivity index (χ3v) is 8.89. The van der Waals surface area contributed by atoms with Gasteiger partial charge in [0.2, 0.25) is 17.7 Å². The zero-order chi connectivity index (χ0) is 31.8. The molecule has 0 aliphatic carbocycles. The van der Waals surface area contributed by atoms with Crippen molar-refractivity contribution in [2.45, 2.75) is 90.0 Å². The van der Waals surface area contributed by atoms with E-state index in [9.17, 15) is 19.2 Å². The molecule has 2 aromatic rings. The number of ether oxygens (including phenoxy) is 1. The SMILES string of the molecule is CC(C)C[C@H]1COc2ccccc2C(=O)N[C@H](C(=O)NCc2ccc(CN3CCCCC3)cc2)CC(=O)N2CCC[C@@H]2C(=O)N1. The van der Waals surface area contributed by atoms with Crippen LogP contribution in [0.2, 0.25) is 0 Å². The molecule has 3 aliphatic heterocycles. The van der Waals surface area contributed by atoms with Crippen molar-refractivity contribution in [3.8, 4) is 5.75 Å². The summed E-state index contributed by atoms with van der Waals surface area (Å²) in [6.07, 6.45) is 5.46. The molecule has 10 heteroatoms. The van der Waals surface area contributed by atoms with Gasteiger partial charge in [-0.1, -0.05) is 56.7 Å². The first-order chi connectivity index (χ1) is 21.8. The van der Waals surface area contributed by atoms with Gasteiger partial charge in [0.05, 0.1) is 18.0 Å². The molecule has 2 fully saturated rings. The van der Waals surface area contributed by atoms with Gasteiger partial charge >= 0.3 is 0 Å². The third kappa shape index (κ3) is 8.84. The number of rotatable bonds is 7. The van der Waals surface area contributed by atoms with Crippen LogP contribution in [-0.4, -0.2) is 77.8 Å². The van der Waals surface area contributed by atoms with Crippen molar-refractivity contribution in [2.24, 2.45) is 5.92 Å². The molecule has 10 nitrogen and oxygen atoms in total. The van der Waals surface area contributed by atoms with E-state index in [1.807, 2.05) is 12.1 Å². The maximum absolute atomic E-state index is 13.6. The minimum Gasteiger partial charge on any atom is -0.491 e. The van der Waals surface area contributed by atoms with Gasteiger partial charge in [0, 0.05) is 19.6 Å². The number of hydrogen-bond donors (Lipinski definition) is 3. The Morgan fingerprint density at radius 1 is 0.933 bits per heavy atom. The summed E-state index contributed by atoms with van der Waals surface area (Å²) in [6, 6.07) is 13.0. The van der Waals surface area contributed by atoms with Crippen molar-refractivity contribution in [2.75, 3.05) is 26.2 Å². The standard InChI is InChI=1S/C35H47N5O5/c1-24(2)19-27-23-45-31-11-5-4-9-28(31)33(42)38-29(20-32(41)40-18-8-10-30(40)35(44)37-27)34(43)36-21-25-12-14-26(15-13-25)22-39-16-6-3-7-17-39/h4-5,9,11-15,24,27,29-30H,3,6-8,10,16-23H2,1-2H3,(H,36,43)(H,37,44)(H,38,42)/t27-,29-,30+/m0/s1. The highest BCUT2D eigenvalue weighted by Gasteiger charge is 2.37. The van der Waals surface area contributed by atoms with Crippen LogP contribution in [0.5, 0.6) is 5.75 Å². The van der Waals surface area contributed by atoms with Crippen molar-refractivity contribution < 1.29 is 23.9 Å². The van der Waals surface area contributed by atoms with Gasteiger partial charge in [0.1, 0.15) is 24.4 Å². The summed E-state index contributed by atoms with van der Waals surface area (Å²) >= 11 is 0. The third-order valence-electron chi connectivity index (χ3n) is 8.89. The van der Waals surface area contributed by atoms with Gasteiger partial charge in [-0.15, -0.1) is 0 Å². The first-order valence-electron chi connectivity index (χ1n) is 16.5. The minimum atomic E-state index is -1.13. The van der Waals surface area contributed by atoms with Gasteiger partial charge in [-0.05, 0) is 74.4 Å². The highest BCUT2D eigenvalue weighted by molar-refractivity contribution is 6.01. The van der Waals surface area contributed by atoms with Gasteiger partial charge in [-0.3, -0.25) is 24.1 Å². The molecule has 5 rings (SSSR count). The van der Waals surface area contributed by atoms with E-state index in [1.165, 1.54) is 24.8 Å². The fraction of sp³-hybridized carbons (Fsp3) is 0.543. The average Bonchev–Trinajstić information content (AvgIpc) is 3.53. The number of amides is 4. The summed E-state index contributed by atoms with van der Waals surface area (Å²) < 4.78 is 6.10. The molecule has 3 heterocycles. The lowest BCUT2D eigenvalue weighted by Gasteiger charge is -2.29. The molecular formula is C35H47N5O5. The van der Waals surface area contributed by atoms with E-state index in [0.29, 0.717) is 37.5 Å². The van der Waals surface area contributed by atoms with Crippen LogP contribution >= 0.6 is 0 Å². The van der Waals surface area contributed by atoms with E-state index in [2.05, 4.69) is 46.8 Å². The molecule has 3 atom stereocenters. The van der Waals surface area contributed by atoms with Gasteiger partial charge in [-0.2, -0.15) is 0 Å². The molecule has 0 aromatic heterocycles. The predicted octanol–water partition coefficient (Wildman–Crippen LogP) is 3.39. The molecule has 242 valence electrons. The number of hydrogen-bond acceptors (Lipinski definition) is 6. The Balaban J connectivity index is 1.31. The summed E-state index contributed by atoms with van der Waals surface area (Å²) in [4.78, 5) is 58.1. The van der Waals surface area contributed by atoms with Crippen LogP contribution in [-0.2, 0) is 27.5 Å². The number of nitrogens with zero attached hydrogens (tertiary/aromatic N) is 2. The van der Waals surface area contributed by atoms with Crippen molar-refractivity contribution in [1.82, 2.24) is 25.8 Å². The van der Waals surface area contributed by atoms with Crippen LogP contribution in [0, 0.1) is 5.92 Å². The molecule has 0 bridgehead atoms. The molecule has 2 aromatic carbocycles. The molecule has 4 amide bonds. The molecule has 2 saturated heterocycles. The summed E-state index contributed by atoms with van der Waals surface area (Å²) in [6.45, 7) is 8.18. The van der Waals surface area contributed by atoms with Crippen molar-refractivity contribution in [1.29, 1.82) is 0 Å². The van der Waals surface area contributed by atoms with E-state index >= 15 is 0 Å². The highest BCUT2D eigenvalue weighted by Crippen LogP contribution is 2.23. The maximum atomic E-state index is 13.6. The second kappa shape index (κ2) is 15.4. The Bertz CT molecular complexity index is 1340. The van der Waals surface area contributed by atoms with Crippen LogP contribution in [0.25, 0.3) is 0 Å². The fourth-order valence-corrected chi connectivity index (χ4v) is 6.53. The quantitative estimate of drug-likeness (QED) is 0.438. The number of likely N-dealkylation sites (tertiary alicyclic amines) is 1. The van der Waals surface area contributed by atoms with Crippen LogP contribution < -0.4 is 20.7 Å². The smallest absolute Gasteiger partial charge is 0.255 e. The molecule has 0 saturated carbocycles. The summed E-state index contributed by atoms with van der Waals surface area (Å²) in [7, 11) is 0. The molecule has 3 N–H and O–H groups in total. The highest BCUT2D eigenvalue weighted by atomic mass is 16.5. The lowest BCUT2D eigenvalue weighted by atomic mass is 10.0. The number of benzene rings is 2. The largest absolute Gasteiger partial charge is 0.491 e. The lowest BCUT2D eigenvalue weighted by molar-refractivity contribution is -0.140. The van der Waals surface area contributed by atoms with Crippen LogP contribution in [0.3, 0.4) is 0 Å². The summed E-state index contributed by atoms with van der Waals surface area (Å²) in [5.74, 6) is -0.856. The molecular weight excluding hydrogens is 570 g/mol. The number of piperidine rings is 1. The fourth-order valence-electron chi connectivity index (χ4n) is 6.53. The van der Waals surface area contributed by atoms with Crippen molar-refractivity contribution >= 4 is 23.6 Å². The molecule has 3 aliphatic rings. The Labute approximate surface area is 266 Å². The Hall–Kier alpha value is -3.92. The number of nitrogens with one attached hydrogen (secondary N) is 3. The first kappa shape index (κ1) is 32.5. The molecule has 45 heavy (non-hydrogen) atoms. The Morgan fingerprint density at radius 2 is 1.67 bits per heavy atom. The average molecular weight is 618 g/mol.